The second-order valence-electron chi connectivity index (χ2n) is 6.65. The summed E-state index contributed by atoms with van der Waals surface area (Å²) < 4.78 is 28.2. The Hall–Kier alpha value is -3.12. The van der Waals surface area contributed by atoms with Crippen LogP contribution in [0.2, 0.25) is 0 Å². The molecular weight excluding hydrogens is 372 g/mol. The van der Waals surface area contributed by atoms with Crippen LogP contribution in [0.25, 0.3) is 0 Å². The number of aryl methyl sites for hydroxylation is 2. The van der Waals surface area contributed by atoms with Crippen molar-refractivity contribution in [3.63, 3.8) is 0 Å². The number of hydrogen-bond donors (Lipinski definition) is 2. The van der Waals surface area contributed by atoms with Crippen molar-refractivity contribution in [2.45, 2.75) is 25.7 Å². The van der Waals surface area contributed by atoms with Gasteiger partial charge in [0.15, 0.2) is 0 Å². The van der Waals surface area contributed by atoms with Gasteiger partial charge in [0.25, 0.3) is 15.9 Å². The van der Waals surface area contributed by atoms with Crippen molar-refractivity contribution in [1.82, 2.24) is 0 Å². The number of para-hydroxylation sites is 1. The predicted octanol–water partition coefficient (Wildman–Crippen LogP) is 4.66. The molecule has 2 N–H and O–H groups in total. The number of benzene rings is 3. The van der Waals surface area contributed by atoms with Gasteiger partial charge < -0.3 is 5.32 Å². The van der Waals surface area contributed by atoms with Crippen LogP contribution in [0.3, 0.4) is 0 Å². The Morgan fingerprint density at radius 1 is 0.786 bits per heavy atom. The molecule has 0 saturated heterocycles. The number of rotatable bonds is 5. The lowest BCUT2D eigenvalue weighted by atomic mass is 10.1. The van der Waals surface area contributed by atoms with E-state index in [9.17, 15) is 13.2 Å². The average molecular weight is 394 g/mol. The van der Waals surface area contributed by atoms with E-state index in [-0.39, 0.29) is 16.4 Å². The summed E-state index contributed by atoms with van der Waals surface area (Å²) in [6.07, 6.45) is 0. The van der Waals surface area contributed by atoms with Crippen LogP contribution < -0.4 is 10.0 Å². The Labute approximate surface area is 165 Å². The summed E-state index contributed by atoms with van der Waals surface area (Å²) in [6.45, 7) is 5.67. The summed E-state index contributed by atoms with van der Waals surface area (Å²) in [4.78, 5) is 12.6. The Bertz CT molecular complexity index is 1140. The van der Waals surface area contributed by atoms with Crippen molar-refractivity contribution in [1.29, 1.82) is 0 Å². The van der Waals surface area contributed by atoms with Crippen molar-refractivity contribution in [3.8, 4) is 0 Å². The molecule has 0 bridgehead atoms. The predicted molar refractivity (Wildman–Crippen MR) is 112 cm³/mol. The van der Waals surface area contributed by atoms with Crippen molar-refractivity contribution < 1.29 is 13.2 Å². The van der Waals surface area contributed by atoms with Gasteiger partial charge in [-0.2, -0.15) is 0 Å². The van der Waals surface area contributed by atoms with Gasteiger partial charge in [0.2, 0.25) is 0 Å². The van der Waals surface area contributed by atoms with Crippen molar-refractivity contribution in [2.24, 2.45) is 0 Å². The molecule has 0 spiro atoms. The average Bonchev–Trinajstić information content (AvgIpc) is 2.67. The first-order valence-electron chi connectivity index (χ1n) is 8.84. The second-order valence-corrected chi connectivity index (χ2v) is 8.33. The molecule has 0 fully saturated rings. The largest absolute Gasteiger partial charge is 0.322 e. The van der Waals surface area contributed by atoms with Crippen molar-refractivity contribution >= 4 is 27.3 Å². The Kier molecular flexibility index (Phi) is 5.51. The molecule has 6 heteroatoms. The molecule has 0 aliphatic carbocycles. The van der Waals surface area contributed by atoms with E-state index in [2.05, 4.69) is 10.0 Å². The molecule has 0 aliphatic rings. The molecule has 3 aromatic rings. The topological polar surface area (TPSA) is 75.3 Å². The molecule has 5 nitrogen and oxygen atoms in total. The van der Waals surface area contributed by atoms with Gasteiger partial charge in [0.1, 0.15) is 0 Å². The third-order valence-electron chi connectivity index (χ3n) is 4.65. The Morgan fingerprint density at radius 3 is 2.18 bits per heavy atom. The zero-order chi connectivity index (χ0) is 20.3. The fourth-order valence-corrected chi connectivity index (χ4v) is 3.95. The highest BCUT2D eigenvalue weighted by atomic mass is 32.2. The summed E-state index contributed by atoms with van der Waals surface area (Å²) in [7, 11) is -3.82. The normalized spacial score (nSPS) is 11.1. The number of hydrogen-bond acceptors (Lipinski definition) is 3. The van der Waals surface area contributed by atoms with Gasteiger partial charge in [0.05, 0.1) is 10.6 Å². The highest BCUT2D eigenvalue weighted by Gasteiger charge is 2.18. The highest BCUT2D eigenvalue weighted by Crippen LogP contribution is 2.23. The van der Waals surface area contributed by atoms with E-state index in [0.29, 0.717) is 11.4 Å². The van der Waals surface area contributed by atoms with E-state index in [4.69, 9.17) is 0 Å². The number of amides is 1. The third-order valence-corrected chi connectivity index (χ3v) is 6.01. The lowest BCUT2D eigenvalue weighted by Crippen LogP contribution is -2.16. The first-order valence-corrected chi connectivity index (χ1v) is 10.3. The third kappa shape index (κ3) is 4.23. The SMILES string of the molecule is Cc1ccccc1NC(=O)c1cccc(S(=O)(=O)Nc2cccc(C)c2C)c1. The van der Waals surface area contributed by atoms with Crippen LogP contribution in [0.15, 0.2) is 71.6 Å². The summed E-state index contributed by atoms with van der Waals surface area (Å²) in [6, 6.07) is 18.8. The standard InChI is InChI=1S/C22H22N2O3S/c1-15-9-6-13-21(17(15)3)24-28(26,27)19-11-7-10-18(14-19)22(25)23-20-12-5-4-8-16(20)2/h4-14,24H,1-3H3,(H,23,25). The molecule has 1 amide bonds. The van der Waals surface area contributed by atoms with Gasteiger partial charge in [-0.15, -0.1) is 0 Å². The van der Waals surface area contributed by atoms with Crippen LogP contribution in [-0.4, -0.2) is 14.3 Å². The minimum Gasteiger partial charge on any atom is -0.322 e. The van der Waals surface area contributed by atoms with Crippen molar-refractivity contribution in [2.75, 3.05) is 10.0 Å². The molecule has 3 aromatic carbocycles. The first kappa shape index (κ1) is 19.6. The highest BCUT2D eigenvalue weighted by molar-refractivity contribution is 7.92. The summed E-state index contributed by atoms with van der Waals surface area (Å²) in [5, 5.41) is 2.82. The number of anilines is 2. The lowest BCUT2D eigenvalue weighted by molar-refractivity contribution is 0.102. The van der Waals surface area contributed by atoms with E-state index >= 15 is 0 Å². The van der Waals surface area contributed by atoms with Gasteiger partial charge in [-0.25, -0.2) is 8.42 Å². The quantitative estimate of drug-likeness (QED) is 0.661. The maximum Gasteiger partial charge on any atom is 0.261 e. The van der Waals surface area contributed by atoms with Crippen molar-refractivity contribution in [3.05, 3.63) is 89.0 Å². The Morgan fingerprint density at radius 2 is 1.43 bits per heavy atom. The van der Waals surface area contributed by atoms with E-state index in [1.165, 1.54) is 12.1 Å². The molecule has 0 unspecified atom stereocenters. The van der Waals surface area contributed by atoms with Gasteiger partial charge in [-0.1, -0.05) is 36.4 Å². The van der Waals surface area contributed by atoms with Gasteiger partial charge >= 0.3 is 0 Å². The molecule has 0 atom stereocenters. The van der Waals surface area contributed by atoms with Gasteiger partial charge in [-0.3, -0.25) is 9.52 Å². The molecule has 3 rings (SSSR count). The maximum atomic E-state index is 12.8. The fourth-order valence-electron chi connectivity index (χ4n) is 2.78. The number of carbonyl (C=O) groups is 1. The number of nitrogens with one attached hydrogen (secondary N) is 2. The molecule has 0 radical (unpaired) electrons. The zero-order valence-corrected chi connectivity index (χ0v) is 16.8. The summed E-state index contributed by atoms with van der Waals surface area (Å²) in [5.74, 6) is -0.363. The minimum absolute atomic E-state index is 0.0332. The van der Waals surface area contributed by atoms with Gasteiger partial charge in [-0.05, 0) is 67.8 Å². The smallest absolute Gasteiger partial charge is 0.261 e. The molecule has 28 heavy (non-hydrogen) atoms. The first-order chi connectivity index (χ1) is 13.3. The van der Waals surface area contributed by atoms with E-state index < -0.39 is 10.0 Å². The maximum absolute atomic E-state index is 12.8. The van der Waals surface area contributed by atoms with Crippen LogP contribution in [0.4, 0.5) is 11.4 Å². The lowest BCUT2D eigenvalue weighted by Gasteiger charge is -2.13. The zero-order valence-electron chi connectivity index (χ0n) is 16.0. The minimum atomic E-state index is -3.82. The van der Waals surface area contributed by atoms with Crippen LogP contribution in [0, 0.1) is 20.8 Å². The molecule has 0 heterocycles. The number of carbonyl (C=O) groups excluding carboxylic acids is 1. The number of sulfonamides is 1. The van der Waals surface area contributed by atoms with Crippen LogP contribution >= 0.6 is 0 Å². The molecule has 144 valence electrons. The molecule has 0 aliphatic heterocycles. The van der Waals surface area contributed by atoms with E-state index in [1.54, 1.807) is 30.3 Å². The molecule has 0 aromatic heterocycles. The molecule has 0 saturated carbocycles. The Balaban J connectivity index is 1.86. The van der Waals surface area contributed by atoms with E-state index in [0.717, 1.165) is 16.7 Å². The van der Waals surface area contributed by atoms with Gasteiger partial charge in [0, 0.05) is 11.3 Å². The second kappa shape index (κ2) is 7.86. The summed E-state index contributed by atoms with van der Waals surface area (Å²) in [5.41, 5.74) is 4.26. The van der Waals surface area contributed by atoms with Crippen LogP contribution in [0.1, 0.15) is 27.0 Å². The summed E-state index contributed by atoms with van der Waals surface area (Å²) >= 11 is 0. The monoisotopic (exact) mass is 394 g/mol. The fraction of sp³-hybridized carbons (Fsp3) is 0.136. The van der Waals surface area contributed by atoms with Crippen LogP contribution in [-0.2, 0) is 10.0 Å². The molecular formula is C22H22N2O3S. The van der Waals surface area contributed by atoms with E-state index in [1.807, 2.05) is 45.0 Å². The van der Waals surface area contributed by atoms with Crippen LogP contribution in [0.5, 0.6) is 0 Å².